The second-order valence-corrected chi connectivity index (χ2v) is 13.2. The van der Waals surface area contributed by atoms with Gasteiger partial charge in [0, 0.05) is 37.4 Å². The van der Waals surface area contributed by atoms with E-state index in [9.17, 15) is 14.1 Å². The minimum atomic E-state index is -1.29. The molecule has 2 atom stereocenters. The molecule has 1 saturated heterocycles. The van der Waals surface area contributed by atoms with Crippen molar-refractivity contribution in [2.24, 2.45) is 0 Å². The lowest BCUT2D eigenvalue weighted by molar-refractivity contribution is 0.0299. The fourth-order valence-electron chi connectivity index (χ4n) is 5.53. The summed E-state index contributed by atoms with van der Waals surface area (Å²) < 4.78 is 20.6. The third-order valence-corrected chi connectivity index (χ3v) is 9.21. The molecule has 1 N–H and O–H groups in total. The Kier molecular flexibility index (Phi) is 7.63. The second-order valence-electron chi connectivity index (χ2n) is 11.0. The van der Waals surface area contributed by atoms with Gasteiger partial charge in [-0.3, -0.25) is 4.79 Å². The minimum Gasteiger partial charge on any atom is -0.396 e. The number of fused-ring (bicyclic) bond motifs is 1. The van der Waals surface area contributed by atoms with Gasteiger partial charge in [-0.15, -0.1) is 0 Å². The summed E-state index contributed by atoms with van der Waals surface area (Å²) in [6.07, 6.45) is 6.09. The summed E-state index contributed by atoms with van der Waals surface area (Å²) in [5.41, 5.74) is 6.58. The van der Waals surface area contributed by atoms with Crippen LogP contribution in [0, 0.1) is 0 Å². The van der Waals surface area contributed by atoms with E-state index >= 15 is 0 Å². The van der Waals surface area contributed by atoms with Crippen LogP contribution in [-0.4, -0.2) is 67.1 Å². The lowest BCUT2D eigenvalue weighted by Gasteiger charge is -2.30. The van der Waals surface area contributed by atoms with E-state index in [2.05, 4.69) is 24.3 Å². The maximum absolute atomic E-state index is 13.6. The quantitative estimate of drug-likeness (QED) is 0.603. The summed E-state index contributed by atoms with van der Waals surface area (Å²) in [5, 5.41) is 9.99. The smallest absolute Gasteiger partial charge is 0.272 e. The molecular formula is C29H37N3O4S. The number of aliphatic hydroxyl groups is 1. The zero-order valence-electron chi connectivity index (χ0n) is 22.0. The number of aliphatic hydroxyl groups excluding tert-OH is 1. The summed E-state index contributed by atoms with van der Waals surface area (Å²) in [5.74, 6) is -0.101. The van der Waals surface area contributed by atoms with Crippen molar-refractivity contribution in [1.82, 2.24) is 14.2 Å². The Balaban J connectivity index is 1.64. The SMILES string of the molecule is CC(C)(C)[S@](=O)N1Cc2cc(C(=O)N3CCOCC3)nc(-c3cccc(C4=CCCC4)c3)c2[C@@H]1CCO. The Hall–Kier alpha value is -2.39. The van der Waals surface area contributed by atoms with Crippen LogP contribution in [0.25, 0.3) is 16.8 Å². The molecule has 7 nitrogen and oxygen atoms in total. The number of amides is 1. The van der Waals surface area contributed by atoms with Gasteiger partial charge in [0.25, 0.3) is 5.91 Å². The molecule has 0 bridgehead atoms. The van der Waals surface area contributed by atoms with Gasteiger partial charge in [-0.1, -0.05) is 24.3 Å². The minimum absolute atomic E-state index is 0.0250. The summed E-state index contributed by atoms with van der Waals surface area (Å²) in [4.78, 5) is 20.3. The normalized spacial score (nSPS) is 21.1. The van der Waals surface area contributed by atoms with E-state index in [-0.39, 0.29) is 18.6 Å². The number of ether oxygens (including phenoxy) is 1. The lowest BCUT2D eigenvalue weighted by atomic mass is 9.94. The van der Waals surface area contributed by atoms with Crippen LogP contribution in [0.3, 0.4) is 0 Å². The molecule has 1 aliphatic carbocycles. The van der Waals surface area contributed by atoms with Crippen LogP contribution in [0.2, 0.25) is 0 Å². The first-order chi connectivity index (χ1) is 17.8. The highest BCUT2D eigenvalue weighted by atomic mass is 32.2. The Morgan fingerprint density at radius 2 is 1.95 bits per heavy atom. The summed E-state index contributed by atoms with van der Waals surface area (Å²) in [6, 6.07) is 10.0. The summed E-state index contributed by atoms with van der Waals surface area (Å²) in [7, 11) is -1.29. The molecule has 0 saturated carbocycles. The molecule has 5 rings (SSSR count). The van der Waals surface area contributed by atoms with Crippen molar-refractivity contribution in [3.63, 3.8) is 0 Å². The monoisotopic (exact) mass is 523 g/mol. The van der Waals surface area contributed by atoms with E-state index in [0.717, 1.165) is 35.2 Å². The number of rotatable bonds is 6. The molecule has 198 valence electrons. The van der Waals surface area contributed by atoms with Gasteiger partial charge in [-0.05, 0) is 75.3 Å². The van der Waals surface area contributed by atoms with Gasteiger partial charge in [0.15, 0.2) is 0 Å². The van der Waals surface area contributed by atoms with Crippen LogP contribution in [0.5, 0.6) is 0 Å². The predicted molar refractivity (Wildman–Crippen MR) is 146 cm³/mol. The van der Waals surface area contributed by atoms with Crippen molar-refractivity contribution in [2.45, 2.75) is 63.8 Å². The Bertz CT molecular complexity index is 1230. The first-order valence-electron chi connectivity index (χ1n) is 13.3. The number of hydrogen-bond acceptors (Lipinski definition) is 5. The van der Waals surface area contributed by atoms with Gasteiger partial charge in [0.05, 0.1) is 29.7 Å². The Morgan fingerprint density at radius 1 is 1.19 bits per heavy atom. The number of carbonyl (C=O) groups is 1. The molecule has 8 heteroatoms. The molecule has 1 amide bonds. The topological polar surface area (TPSA) is 83.0 Å². The standard InChI is InChI=1S/C29H37N3O4S/c1-29(2,3)37(35)32-19-23-18-24(28(34)31-12-15-36-16-13-31)30-27(26(23)25(32)11-14-33)22-10-6-9-21(17-22)20-7-4-5-8-20/h6-7,9-10,17-18,25,33H,4-5,8,11-16,19H2,1-3H3/t25-,37-/m0/s1. The summed E-state index contributed by atoms with van der Waals surface area (Å²) in [6.45, 7) is 8.47. The highest BCUT2D eigenvalue weighted by Gasteiger charge is 2.40. The first kappa shape index (κ1) is 26.2. The molecule has 1 fully saturated rings. The van der Waals surface area contributed by atoms with Gasteiger partial charge in [0.2, 0.25) is 0 Å². The fourth-order valence-corrected chi connectivity index (χ4v) is 6.93. The summed E-state index contributed by atoms with van der Waals surface area (Å²) >= 11 is 0. The highest BCUT2D eigenvalue weighted by Crippen LogP contribution is 2.44. The largest absolute Gasteiger partial charge is 0.396 e. The molecule has 0 spiro atoms. The number of benzene rings is 1. The van der Waals surface area contributed by atoms with Crippen LogP contribution < -0.4 is 0 Å². The molecular weight excluding hydrogens is 486 g/mol. The van der Waals surface area contributed by atoms with E-state index < -0.39 is 15.7 Å². The average molecular weight is 524 g/mol. The Labute approximate surface area is 222 Å². The van der Waals surface area contributed by atoms with Crippen LogP contribution >= 0.6 is 0 Å². The van der Waals surface area contributed by atoms with Crippen LogP contribution in [0.1, 0.15) is 79.7 Å². The average Bonchev–Trinajstić information content (AvgIpc) is 3.56. The van der Waals surface area contributed by atoms with Crippen LogP contribution in [-0.2, 0) is 22.3 Å². The highest BCUT2D eigenvalue weighted by molar-refractivity contribution is 7.84. The zero-order chi connectivity index (χ0) is 26.2. The fraction of sp³-hybridized carbons (Fsp3) is 0.517. The van der Waals surface area contributed by atoms with E-state index in [1.807, 2.05) is 37.2 Å². The third kappa shape index (κ3) is 5.30. The van der Waals surface area contributed by atoms with E-state index in [0.29, 0.717) is 45.0 Å². The first-order valence-corrected chi connectivity index (χ1v) is 14.4. The number of aromatic nitrogens is 1. The lowest BCUT2D eigenvalue weighted by Crippen LogP contribution is -2.41. The van der Waals surface area contributed by atoms with Crippen molar-refractivity contribution in [3.8, 4) is 11.3 Å². The van der Waals surface area contributed by atoms with E-state index in [4.69, 9.17) is 9.72 Å². The third-order valence-electron chi connectivity index (χ3n) is 7.36. The number of carbonyl (C=O) groups excluding carboxylic acids is 1. The van der Waals surface area contributed by atoms with Crippen molar-refractivity contribution in [3.05, 3.63) is 58.8 Å². The maximum Gasteiger partial charge on any atom is 0.272 e. The van der Waals surface area contributed by atoms with Crippen molar-refractivity contribution >= 4 is 22.5 Å². The van der Waals surface area contributed by atoms with Gasteiger partial charge >= 0.3 is 0 Å². The van der Waals surface area contributed by atoms with Crippen LogP contribution in [0.4, 0.5) is 0 Å². The van der Waals surface area contributed by atoms with Gasteiger partial charge < -0.3 is 14.7 Å². The number of allylic oxidation sites excluding steroid dienone is 2. The molecule has 0 unspecified atom stereocenters. The molecule has 3 aliphatic rings. The van der Waals surface area contributed by atoms with E-state index in [1.165, 1.54) is 17.6 Å². The molecule has 1 aromatic heterocycles. The maximum atomic E-state index is 13.6. The number of pyridine rings is 1. The van der Waals surface area contributed by atoms with Gasteiger partial charge in [-0.2, -0.15) is 0 Å². The van der Waals surface area contributed by atoms with Crippen molar-refractivity contribution in [2.75, 3.05) is 32.9 Å². The van der Waals surface area contributed by atoms with Crippen molar-refractivity contribution < 1.29 is 18.8 Å². The Morgan fingerprint density at radius 3 is 2.62 bits per heavy atom. The van der Waals surface area contributed by atoms with Crippen molar-refractivity contribution in [1.29, 1.82) is 0 Å². The predicted octanol–water partition coefficient (Wildman–Crippen LogP) is 4.49. The zero-order valence-corrected chi connectivity index (χ0v) is 22.9. The molecule has 1 aromatic carbocycles. The molecule has 3 heterocycles. The van der Waals surface area contributed by atoms with Gasteiger partial charge in [-0.25, -0.2) is 13.5 Å². The second kappa shape index (κ2) is 10.8. The molecule has 2 aliphatic heterocycles. The number of hydrogen-bond donors (Lipinski definition) is 1. The number of nitrogens with zero attached hydrogens (tertiary/aromatic N) is 3. The molecule has 37 heavy (non-hydrogen) atoms. The number of morpholine rings is 1. The van der Waals surface area contributed by atoms with E-state index in [1.54, 1.807) is 4.90 Å². The molecule has 0 radical (unpaired) electrons. The van der Waals surface area contributed by atoms with Crippen LogP contribution in [0.15, 0.2) is 36.4 Å². The molecule has 2 aromatic rings. The van der Waals surface area contributed by atoms with Gasteiger partial charge in [0.1, 0.15) is 16.7 Å².